The van der Waals surface area contributed by atoms with Crippen LogP contribution in [-0.2, 0) is 18.9 Å². The summed E-state index contributed by atoms with van der Waals surface area (Å²) < 4.78 is 26.5. The Balaban J connectivity index is 1.75. The summed E-state index contributed by atoms with van der Waals surface area (Å²) in [6.45, 7) is 16.8. The van der Waals surface area contributed by atoms with Gasteiger partial charge in [0.2, 0.25) is 0 Å². The number of hydrogen-bond acceptors (Lipinski definition) is 5. The first kappa shape index (κ1) is 45.0. The Morgan fingerprint density at radius 1 is 0.388 bits per heavy atom. The number of unbranched alkanes of at least 4 members (excludes halogenated alkanes) is 17. The summed E-state index contributed by atoms with van der Waals surface area (Å²) in [5.74, 6) is -0.593. The van der Waals surface area contributed by atoms with Crippen LogP contribution in [0.4, 0.5) is 0 Å². The van der Waals surface area contributed by atoms with Gasteiger partial charge in [0.05, 0.1) is 25.4 Å². The highest BCUT2D eigenvalue weighted by Gasteiger charge is 2.41. The van der Waals surface area contributed by atoms with Gasteiger partial charge in [-0.1, -0.05) is 131 Å². The number of rotatable bonds is 35. The average Bonchev–Trinajstić information content (AvgIpc) is 3.71. The molecule has 2 fully saturated rings. The normalized spacial score (nSPS) is 20.2. The summed E-state index contributed by atoms with van der Waals surface area (Å²) in [4.78, 5) is 2.77. The molecular weight excluding hydrogens is 606 g/mol. The minimum atomic E-state index is -0.296. The molecule has 0 aromatic heterocycles. The van der Waals surface area contributed by atoms with Crippen LogP contribution in [0.1, 0.15) is 227 Å². The van der Waals surface area contributed by atoms with Crippen LogP contribution < -0.4 is 0 Å². The summed E-state index contributed by atoms with van der Waals surface area (Å²) >= 11 is 0. The van der Waals surface area contributed by atoms with Crippen molar-refractivity contribution in [3.63, 3.8) is 0 Å². The second-order valence-electron chi connectivity index (χ2n) is 16.1. The van der Waals surface area contributed by atoms with Gasteiger partial charge in [-0.05, 0) is 90.3 Å². The average molecular weight is 694 g/mol. The van der Waals surface area contributed by atoms with Gasteiger partial charge < -0.3 is 23.8 Å². The second-order valence-corrected chi connectivity index (χ2v) is 16.1. The third-order valence-corrected chi connectivity index (χ3v) is 11.3. The molecule has 0 amide bonds. The second kappa shape index (κ2) is 29.3. The van der Waals surface area contributed by atoms with Crippen LogP contribution in [0.25, 0.3) is 0 Å². The fourth-order valence-corrected chi connectivity index (χ4v) is 8.09. The van der Waals surface area contributed by atoms with Crippen LogP contribution >= 0.6 is 0 Å². The smallest absolute Gasteiger partial charge is 0.168 e. The first-order valence-electron chi connectivity index (χ1n) is 22.4. The highest BCUT2D eigenvalue weighted by atomic mass is 16.7. The standard InChI is InChI=1S/C44H87NO4/c1-6-11-16-23-32-43(33-24-17-12-7-2)46-39-41(48-43)30-21-28-37-45(36-27-20-15-10-5)38-29-22-31-42-40-47-44(49-42,34-25-18-13-8-3)35-26-19-14-9-4/h41-42H,6-40H2,1-5H3. The molecule has 292 valence electrons. The molecule has 0 spiro atoms. The third kappa shape index (κ3) is 20.6. The van der Waals surface area contributed by atoms with Gasteiger partial charge in [-0.25, -0.2) is 0 Å². The molecule has 0 aliphatic carbocycles. The quantitative estimate of drug-likeness (QED) is 0.0618. The third-order valence-electron chi connectivity index (χ3n) is 11.3. The van der Waals surface area contributed by atoms with Crippen molar-refractivity contribution in [2.45, 2.75) is 251 Å². The lowest BCUT2D eigenvalue weighted by Crippen LogP contribution is -2.31. The van der Waals surface area contributed by atoms with Gasteiger partial charge in [-0.2, -0.15) is 0 Å². The molecule has 0 saturated carbocycles. The lowest BCUT2D eigenvalue weighted by atomic mass is 10.00. The Labute approximate surface area is 307 Å². The molecule has 49 heavy (non-hydrogen) atoms. The monoisotopic (exact) mass is 694 g/mol. The van der Waals surface area contributed by atoms with E-state index in [2.05, 4.69) is 39.5 Å². The lowest BCUT2D eigenvalue weighted by Gasteiger charge is -2.29. The van der Waals surface area contributed by atoms with Crippen LogP contribution in [0.5, 0.6) is 0 Å². The van der Waals surface area contributed by atoms with Crippen molar-refractivity contribution < 1.29 is 18.9 Å². The molecule has 2 saturated heterocycles. The van der Waals surface area contributed by atoms with Gasteiger partial charge in [0, 0.05) is 25.7 Å². The van der Waals surface area contributed by atoms with Crippen LogP contribution in [0.15, 0.2) is 0 Å². The van der Waals surface area contributed by atoms with Crippen LogP contribution in [0.2, 0.25) is 0 Å². The highest BCUT2D eigenvalue weighted by molar-refractivity contribution is 4.81. The van der Waals surface area contributed by atoms with Crippen LogP contribution in [-0.4, -0.2) is 61.5 Å². The van der Waals surface area contributed by atoms with E-state index in [9.17, 15) is 0 Å². The zero-order chi connectivity index (χ0) is 35.3. The van der Waals surface area contributed by atoms with Crippen LogP contribution in [0.3, 0.4) is 0 Å². The van der Waals surface area contributed by atoms with E-state index in [-0.39, 0.29) is 23.8 Å². The molecule has 5 nitrogen and oxygen atoms in total. The maximum Gasteiger partial charge on any atom is 0.168 e. The zero-order valence-electron chi connectivity index (χ0n) is 34.0. The number of nitrogens with zero attached hydrogens (tertiary/aromatic N) is 1. The fraction of sp³-hybridized carbons (Fsp3) is 1.00. The molecule has 0 N–H and O–H groups in total. The summed E-state index contributed by atoms with van der Waals surface area (Å²) in [5, 5.41) is 0. The molecule has 2 heterocycles. The van der Waals surface area contributed by atoms with Gasteiger partial charge in [0.1, 0.15) is 0 Å². The predicted octanol–water partition coefficient (Wildman–Crippen LogP) is 13.3. The lowest BCUT2D eigenvalue weighted by molar-refractivity contribution is -0.180. The zero-order valence-corrected chi connectivity index (χ0v) is 34.0. The summed E-state index contributed by atoms with van der Waals surface area (Å²) in [6.07, 6.45) is 38.2. The Morgan fingerprint density at radius 3 is 1.02 bits per heavy atom. The highest BCUT2D eigenvalue weighted by Crippen LogP contribution is 2.37. The first-order chi connectivity index (χ1) is 24.0. The van der Waals surface area contributed by atoms with Crippen molar-refractivity contribution >= 4 is 0 Å². The Kier molecular flexibility index (Phi) is 26.9. The predicted molar refractivity (Wildman–Crippen MR) is 210 cm³/mol. The van der Waals surface area contributed by atoms with Crippen molar-refractivity contribution in [1.82, 2.24) is 4.90 Å². The van der Waals surface area contributed by atoms with Crippen LogP contribution in [0, 0.1) is 0 Å². The van der Waals surface area contributed by atoms with Gasteiger partial charge in [0.15, 0.2) is 11.6 Å². The minimum Gasteiger partial charge on any atom is -0.347 e. The first-order valence-corrected chi connectivity index (χ1v) is 22.4. The van der Waals surface area contributed by atoms with E-state index in [0.717, 1.165) is 51.7 Å². The number of ether oxygens (including phenoxy) is 4. The summed E-state index contributed by atoms with van der Waals surface area (Å²) in [6, 6.07) is 0. The van der Waals surface area contributed by atoms with Crippen molar-refractivity contribution in [3.8, 4) is 0 Å². The van der Waals surface area contributed by atoms with Crippen molar-refractivity contribution in [2.75, 3.05) is 32.8 Å². The van der Waals surface area contributed by atoms with Crippen molar-refractivity contribution in [1.29, 1.82) is 0 Å². The topological polar surface area (TPSA) is 40.2 Å². The maximum atomic E-state index is 6.76. The minimum absolute atomic E-state index is 0.286. The summed E-state index contributed by atoms with van der Waals surface area (Å²) in [7, 11) is 0. The van der Waals surface area contributed by atoms with E-state index in [1.807, 2.05) is 0 Å². The van der Waals surface area contributed by atoms with Crippen molar-refractivity contribution in [3.05, 3.63) is 0 Å². The van der Waals surface area contributed by atoms with E-state index in [0.29, 0.717) is 0 Å². The van der Waals surface area contributed by atoms with E-state index in [1.165, 1.54) is 174 Å². The van der Waals surface area contributed by atoms with E-state index in [1.54, 1.807) is 0 Å². The Morgan fingerprint density at radius 2 is 0.694 bits per heavy atom. The summed E-state index contributed by atoms with van der Waals surface area (Å²) in [5.41, 5.74) is 0. The van der Waals surface area contributed by atoms with Gasteiger partial charge in [-0.15, -0.1) is 0 Å². The molecule has 2 aliphatic heterocycles. The molecule has 2 aliphatic rings. The molecule has 5 heteroatoms. The van der Waals surface area contributed by atoms with E-state index < -0.39 is 0 Å². The maximum absolute atomic E-state index is 6.76. The molecule has 0 bridgehead atoms. The fourth-order valence-electron chi connectivity index (χ4n) is 8.09. The van der Waals surface area contributed by atoms with E-state index >= 15 is 0 Å². The largest absolute Gasteiger partial charge is 0.347 e. The Bertz CT molecular complexity index is 654. The molecular formula is C44H87NO4. The van der Waals surface area contributed by atoms with Gasteiger partial charge in [-0.3, -0.25) is 0 Å². The molecule has 2 rings (SSSR count). The Hall–Kier alpha value is -0.200. The van der Waals surface area contributed by atoms with E-state index in [4.69, 9.17) is 18.9 Å². The van der Waals surface area contributed by atoms with Gasteiger partial charge >= 0.3 is 0 Å². The molecule has 0 aromatic rings. The number of hydrogen-bond donors (Lipinski definition) is 0. The molecule has 0 aromatic carbocycles. The van der Waals surface area contributed by atoms with Crippen molar-refractivity contribution in [2.24, 2.45) is 0 Å². The molecule has 2 atom stereocenters. The molecule has 2 unspecified atom stereocenters. The molecule has 0 radical (unpaired) electrons. The SMILES string of the molecule is CCCCCCN(CCCCC1COC(CCCCCC)(CCCCCC)O1)CCCCC1COC(CCCCCC)(CCCCCC)O1. The van der Waals surface area contributed by atoms with Gasteiger partial charge in [0.25, 0.3) is 0 Å².